The van der Waals surface area contributed by atoms with Crippen molar-refractivity contribution >= 4 is 27.7 Å². The van der Waals surface area contributed by atoms with Crippen LogP contribution in [0.3, 0.4) is 0 Å². The largest absolute Gasteiger partial charge is 0.296 e. The van der Waals surface area contributed by atoms with Crippen molar-refractivity contribution < 1.29 is 8.42 Å². The molecule has 5 nitrogen and oxygen atoms in total. The second kappa shape index (κ2) is 8.10. The van der Waals surface area contributed by atoms with E-state index in [1.54, 1.807) is 18.3 Å². The predicted molar refractivity (Wildman–Crippen MR) is 100 cm³/mol. The van der Waals surface area contributed by atoms with Crippen molar-refractivity contribution in [1.82, 2.24) is 14.2 Å². The Morgan fingerprint density at radius 1 is 1.04 bits per heavy atom. The highest BCUT2D eigenvalue weighted by molar-refractivity contribution is 7.92. The Labute approximate surface area is 153 Å². The van der Waals surface area contributed by atoms with E-state index in [1.807, 2.05) is 36.4 Å². The van der Waals surface area contributed by atoms with E-state index in [9.17, 15) is 8.42 Å². The molecule has 2 heterocycles. The van der Waals surface area contributed by atoms with Crippen LogP contribution in [-0.4, -0.2) is 48.8 Å². The quantitative estimate of drug-likeness (QED) is 0.752. The van der Waals surface area contributed by atoms with Gasteiger partial charge in [0, 0.05) is 44.3 Å². The van der Waals surface area contributed by atoms with E-state index in [1.165, 1.54) is 9.71 Å². The Kier molecular flexibility index (Phi) is 5.86. The zero-order valence-electron chi connectivity index (χ0n) is 13.8. The standard InChI is InChI=1S/C18H20ClN3O2S/c19-18-7-6-17(14-20-18)15-21-9-11-22(12-10-21)25(23,24)13-8-16-4-2-1-3-5-16/h1-8,13-14H,9-12,15H2/b13-8+. The summed E-state index contributed by atoms with van der Waals surface area (Å²) in [5.74, 6) is 0. The molecule has 0 saturated carbocycles. The van der Waals surface area contributed by atoms with Gasteiger partial charge >= 0.3 is 0 Å². The van der Waals surface area contributed by atoms with Crippen LogP contribution < -0.4 is 0 Å². The number of halogens is 1. The fraction of sp³-hybridized carbons (Fsp3) is 0.278. The molecule has 2 aromatic rings. The van der Waals surface area contributed by atoms with Crippen LogP contribution in [0.1, 0.15) is 11.1 Å². The average molecular weight is 378 g/mol. The topological polar surface area (TPSA) is 53.5 Å². The second-order valence-corrected chi connectivity index (χ2v) is 8.13. The molecule has 0 unspecified atom stereocenters. The minimum Gasteiger partial charge on any atom is -0.296 e. The van der Waals surface area contributed by atoms with Gasteiger partial charge in [0.15, 0.2) is 0 Å². The molecule has 1 aromatic carbocycles. The maximum absolute atomic E-state index is 12.5. The molecule has 0 spiro atoms. The first kappa shape index (κ1) is 18.1. The second-order valence-electron chi connectivity index (χ2n) is 5.92. The maximum Gasteiger partial charge on any atom is 0.236 e. The number of nitrogens with zero attached hydrogens (tertiary/aromatic N) is 3. The summed E-state index contributed by atoms with van der Waals surface area (Å²) in [6.45, 7) is 3.12. The first-order chi connectivity index (χ1) is 12.0. The van der Waals surface area contributed by atoms with Crippen molar-refractivity contribution in [3.8, 4) is 0 Å². The van der Waals surface area contributed by atoms with Crippen LogP contribution in [0.25, 0.3) is 6.08 Å². The molecule has 132 valence electrons. The first-order valence-corrected chi connectivity index (χ1v) is 9.97. The summed E-state index contributed by atoms with van der Waals surface area (Å²) in [4.78, 5) is 6.30. The van der Waals surface area contributed by atoms with Crippen molar-refractivity contribution in [2.24, 2.45) is 0 Å². The Bertz CT molecular complexity index is 815. The molecular weight excluding hydrogens is 358 g/mol. The molecule has 0 amide bonds. The molecular formula is C18H20ClN3O2S. The van der Waals surface area contributed by atoms with Gasteiger partial charge in [-0.3, -0.25) is 4.90 Å². The maximum atomic E-state index is 12.5. The molecule has 1 aromatic heterocycles. The van der Waals surface area contributed by atoms with Gasteiger partial charge in [-0.1, -0.05) is 48.0 Å². The molecule has 0 atom stereocenters. The van der Waals surface area contributed by atoms with E-state index in [2.05, 4.69) is 9.88 Å². The van der Waals surface area contributed by atoms with E-state index in [-0.39, 0.29) is 0 Å². The highest BCUT2D eigenvalue weighted by Crippen LogP contribution is 2.14. The smallest absolute Gasteiger partial charge is 0.236 e. The Morgan fingerprint density at radius 3 is 2.40 bits per heavy atom. The number of benzene rings is 1. The summed E-state index contributed by atoms with van der Waals surface area (Å²) in [5.41, 5.74) is 1.95. The Balaban J connectivity index is 1.56. The molecule has 25 heavy (non-hydrogen) atoms. The highest BCUT2D eigenvalue weighted by Gasteiger charge is 2.24. The van der Waals surface area contributed by atoms with Gasteiger partial charge in [0.05, 0.1) is 0 Å². The molecule has 0 radical (unpaired) electrons. The number of piperazine rings is 1. The van der Waals surface area contributed by atoms with Crippen LogP contribution in [0, 0.1) is 0 Å². The SMILES string of the molecule is O=S(=O)(/C=C/c1ccccc1)N1CCN(Cc2ccc(Cl)nc2)CC1. The lowest BCUT2D eigenvalue weighted by Gasteiger charge is -2.33. The lowest BCUT2D eigenvalue weighted by Crippen LogP contribution is -2.47. The molecule has 0 N–H and O–H groups in total. The molecule has 1 aliphatic rings. The summed E-state index contributed by atoms with van der Waals surface area (Å²) in [7, 11) is -3.39. The van der Waals surface area contributed by atoms with Crippen molar-refractivity contribution in [2.75, 3.05) is 26.2 Å². The molecule has 0 aliphatic carbocycles. The molecule has 7 heteroatoms. The van der Waals surface area contributed by atoms with Crippen molar-refractivity contribution in [3.05, 3.63) is 70.3 Å². The van der Waals surface area contributed by atoms with Crippen molar-refractivity contribution in [2.45, 2.75) is 6.54 Å². The van der Waals surface area contributed by atoms with Gasteiger partial charge in [0.2, 0.25) is 10.0 Å². The molecule has 1 fully saturated rings. The van der Waals surface area contributed by atoms with E-state index in [0.717, 1.165) is 17.7 Å². The van der Waals surface area contributed by atoms with Crippen LogP contribution in [0.2, 0.25) is 5.15 Å². The van der Waals surface area contributed by atoms with Gasteiger partial charge in [-0.2, -0.15) is 4.31 Å². The van der Waals surface area contributed by atoms with E-state index in [0.29, 0.717) is 31.3 Å². The van der Waals surface area contributed by atoms with Crippen LogP contribution in [0.5, 0.6) is 0 Å². The fourth-order valence-corrected chi connectivity index (χ4v) is 4.00. The monoisotopic (exact) mass is 377 g/mol. The average Bonchev–Trinajstić information content (AvgIpc) is 2.63. The number of hydrogen-bond donors (Lipinski definition) is 0. The number of pyridine rings is 1. The van der Waals surface area contributed by atoms with E-state index in [4.69, 9.17) is 11.6 Å². The summed E-state index contributed by atoms with van der Waals surface area (Å²) in [6.07, 6.45) is 3.40. The third-order valence-corrected chi connectivity index (χ3v) is 5.91. The molecule has 3 rings (SSSR count). The molecule has 1 saturated heterocycles. The van der Waals surface area contributed by atoms with Gasteiger partial charge in [-0.05, 0) is 23.3 Å². The number of aromatic nitrogens is 1. The molecule has 0 bridgehead atoms. The van der Waals surface area contributed by atoms with E-state index >= 15 is 0 Å². The van der Waals surface area contributed by atoms with Crippen LogP contribution in [-0.2, 0) is 16.6 Å². The van der Waals surface area contributed by atoms with Crippen LogP contribution in [0.4, 0.5) is 0 Å². The zero-order valence-corrected chi connectivity index (χ0v) is 15.3. The predicted octanol–water partition coefficient (Wildman–Crippen LogP) is 2.85. The zero-order chi connectivity index (χ0) is 17.7. The van der Waals surface area contributed by atoms with Gasteiger partial charge in [0.1, 0.15) is 5.15 Å². The lowest BCUT2D eigenvalue weighted by molar-refractivity contribution is 0.182. The van der Waals surface area contributed by atoms with Gasteiger partial charge in [-0.15, -0.1) is 0 Å². The fourth-order valence-electron chi connectivity index (χ4n) is 2.72. The third kappa shape index (κ3) is 5.12. The minimum absolute atomic E-state index is 0.477. The van der Waals surface area contributed by atoms with E-state index < -0.39 is 10.0 Å². The minimum atomic E-state index is -3.39. The number of rotatable bonds is 5. The van der Waals surface area contributed by atoms with Crippen LogP contribution >= 0.6 is 11.6 Å². The van der Waals surface area contributed by atoms with Gasteiger partial charge in [-0.25, -0.2) is 13.4 Å². The first-order valence-electron chi connectivity index (χ1n) is 8.09. The van der Waals surface area contributed by atoms with Gasteiger partial charge in [0.25, 0.3) is 0 Å². The highest BCUT2D eigenvalue weighted by atomic mass is 35.5. The van der Waals surface area contributed by atoms with Crippen LogP contribution in [0.15, 0.2) is 54.1 Å². The summed E-state index contributed by atoms with van der Waals surface area (Å²) in [5, 5.41) is 1.77. The number of sulfonamides is 1. The Morgan fingerprint density at radius 2 is 1.76 bits per heavy atom. The van der Waals surface area contributed by atoms with Gasteiger partial charge < -0.3 is 0 Å². The molecule has 1 aliphatic heterocycles. The summed E-state index contributed by atoms with van der Waals surface area (Å²) >= 11 is 5.79. The van der Waals surface area contributed by atoms with Crippen molar-refractivity contribution in [1.29, 1.82) is 0 Å². The Hall–Kier alpha value is -1.73. The van der Waals surface area contributed by atoms with Crippen molar-refractivity contribution in [3.63, 3.8) is 0 Å². The number of hydrogen-bond acceptors (Lipinski definition) is 4. The summed E-state index contributed by atoms with van der Waals surface area (Å²) in [6, 6.07) is 13.1. The third-order valence-electron chi connectivity index (χ3n) is 4.12. The normalized spacial score (nSPS) is 17.2. The summed E-state index contributed by atoms with van der Waals surface area (Å²) < 4.78 is 26.4. The lowest BCUT2D eigenvalue weighted by atomic mass is 10.2.